The molecule has 0 saturated carbocycles. The van der Waals surface area contributed by atoms with Gasteiger partial charge in [-0.15, -0.1) is 5.10 Å². The number of rotatable bonds is 3. The Labute approximate surface area is 94.1 Å². The molecular weight excluding hydrogens is 204 g/mol. The first kappa shape index (κ1) is 10.8. The monoisotopic (exact) mass is 220 g/mol. The van der Waals surface area contributed by atoms with Crippen LogP contribution in [-0.4, -0.2) is 24.8 Å². The van der Waals surface area contributed by atoms with Crippen LogP contribution in [0.1, 0.15) is 25.1 Å². The number of hydrogen-bond donors (Lipinski definition) is 1. The fourth-order valence-electron chi connectivity index (χ4n) is 1.41. The summed E-state index contributed by atoms with van der Waals surface area (Å²) >= 11 is 0. The summed E-state index contributed by atoms with van der Waals surface area (Å²) in [4.78, 5) is 0. The second-order valence-electron chi connectivity index (χ2n) is 4.55. The van der Waals surface area contributed by atoms with Crippen LogP contribution in [0.15, 0.2) is 18.6 Å². The van der Waals surface area contributed by atoms with Gasteiger partial charge in [-0.2, -0.15) is 5.10 Å². The van der Waals surface area contributed by atoms with Gasteiger partial charge in [-0.05, 0) is 13.8 Å². The summed E-state index contributed by atoms with van der Waals surface area (Å²) in [6.07, 6.45) is 5.64. The van der Waals surface area contributed by atoms with Crippen molar-refractivity contribution in [2.24, 2.45) is 12.8 Å². The molecule has 2 heterocycles. The molecule has 0 aliphatic rings. The maximum Gasteiger partial charge on any atom is 0.102 e. The minimum atomic E-state index is -0.451. The zero-order chi connectivity index (χ0) is 11.8. The third-order valence-corrected chi connectivity index (χ3v) is 2.30. The molecule has 0 saturated heterocycles. The van der Waals surface area contributed by atoms with Crippen molar-refractivity contribution in [3.8, 4) is 0 Å². The van der Waals surface area contributed by atoms with Gasteiger partial charge in [-0.3, -0.25) is 4.68 Å². The summed E-state index contributed by atoms with van der Waals surface area (Å²) in [5.41, 5.74) is 7.36. The minimum Gasteiger partial charge on any atom is -0.320 e. The van der Waals surface area contributed by atoms with E-state index in [-0.39, 0.29) is 0 Å². The normalized spacial score (nSPS) is 12.0. The first-order valence-electron chi connectivity index (χ1n) is 5.12. The second kappa shape index (κ2) is 3.71. The zero-order valence-electron chi connectivity index (χ0n) is 9.75. The Bertz CT molecular complexity index is 475. The third kappa shape index (κ3) is 2.27. The predicted octanol–water partition coefficient (Wildman–Crippen LogP) is 0.254. The molecule has 0 fully saturated rings. The molecule has 0 aromatic carbocycles. The number of hydrogen-bond acceptors (Lipinski definition) is 4. The molecule has 6 nitrogen and oxygen atoms in total. The van der Waals surface area contributed by atoms with Crippen molar-refractivity contribution in [1.29, 1.82) is 0 Å². The smallest absolute Gasteiger partial charge is 0.102 e. The van der Waals surface area contributed by atoms with Gasteiger partial charge in [0.1, 0.15) is 5.69 Å². The topological polar surface area (TPSA) is 74.5 Å². The van der Waals surface area contributed by atoms with E-state index in [0.717, 1.165) is 11.3 Å². The quantitative estimate of drug-likeness (QED) is 0.804. The van der Waals surface area contributed by atoms with Crippen LogP contribution in [0, 0.1) is 0 Å². The van der Waals surface area contributed by atoms with Gasteiger partial charge in [0.2, 0.25) is 0 Å². The minimum absolute atomic E-state index is 0.451. The number of nitrogens with two attached hydrogens (primary N) is 1. The molecule has 0 aliphatic heterocycles. The molecule has 0 bridgehead atoms. The van der Waals surface area contributed by atoms with E-state index in [2.05, 4.69) is 15.4 Å². The van der Waals surface area contributed by atoms with Crippen LogP contribution in [-0.2, 0) is 19.1 Å². The highest BCUT2D eigenvalue weighted by molar-refractivity contribution is 5.08. The number of aryl methyl sites for hydroxylation is 1. The van der Waals surface area contributed by atoms with Crippen LogP contribution in [0.3, 0.4) is 0 Å². The lowest BCUT2D eigenvalue weighted by Gasteiger charge is -2.13. The summed E-state index contributed by atoms with van der Waals surface area (Å²) in [5, 5.41) is 12.2. The average molecular weight is 220 g/mol. The second-order valence-corrected chi connectivity index (χ2v) is 4.55. The summed E-state index contributed by atoms with van der Waals surface area (Å²) < 4.78 is 3.53. The van der Waals surface area contributed by atoms with Crippen molar-refractivity contribution in [3.05, 3.63) is 29.8 Å². The highest BCUT2D eigenvalue weighted by atomic mass is 15.4. The zero-order valence-corrected chi connectivity index (χ0v) is 9.75. The lowest BCUT2D eigenvalue weighted by molar-refractivity contribution is 0.533. The third-order valence-electron chi connectivity index (χ3n) is 2.30. The molecule has 2 N–H and O–H groups in total. The van der Waals surface area contributed by atoms with Crippen LogP contribution in [0.25, 0.3) is 0 Å². The van der Waals surface area contributed by atoms with E-state index < -0.39 is 5.54 Å². The van der Waals surface area contributed by atoms with E-state index in [0.29, 0.717) is 6.54 Å². The van der Waals surface area contributed by atoms with E-state index in [1.54, 1.807) is 9.36 Å². The van der Waals surface area contributed by atoms with Gasteiger partial charge < -0.3 is 5.73 Å². The van der Waals surface area contributed by atoms with Crippen LogP contribution in [0.2, 0.25) is 0 Å². The van der Waals surface area contributed by atoms with E-state index in [1.165, 1.54) is 0 Å². The van der Waals surface area contributed by atoms with Gasteiger partial charge in [-0.1, -0.05) is 5.21 Å². The Hall–Kier alpha value is -1.69. The first-order valence-corrected chi connectivity index (χ1v) is 5.12. The standard InChI is InChI=1S/C10H16N6/c1-10(2,11)9-7-16(14-13-9)6-8-4-12-15(3)5-8/h4-5,7H,6,11H2,1-3H3. The van der Waals surface area contributed by atoms with E-state index >= 15 is 0 Å². The predicted molar refractivity (Wildman–Crippen MR) is 59.5 cm³/mol. The lowest BCUT2D eigenvalue weighted by atomic mass is 10.0. The van der Waals surface area contributed by atoms with Crippen LogP contribution in [0.5, 0.6) is 0 Å². The molecule has 2 rings (SSSR count). The Balaban J connectivity index is 2.14. The van der Waals surface area contributed by atoms with Crippen LogP contribution in [0.4, 0.5) is 0 Å². The Morgan fingerprint density at radius 2 is 2.12 bits per heavy atom. The van der Waals surface area contributed by atoms with E-state index in [9.17, 15) is 0 Å². The van der Waals surface area contributed by atoms with E-state index in [4.69, 9.17) is 5.73 Å². The molecular formula is C10H16N6. The first-order chi connectivity index (χ1) is 7.45. The van der Waals surface area contributed by atoms with Gasteiger partial charge in [0.05, 0.1) is 24.5 Å². The van der Waals surface area contributed by atoms with Gasteiger partial charge in [0.15, 0.2) is 0 Å². The molecule has 86 valence electrons. The van der Waals surface area contributed by atoms with E-state index in [1.807, 2.05) is 39.5 Å². The Morgan fingerprint density at radius 3 is 2.62 bits per heavy atom. The maximum atomic E-state index is 5.94. The fourth-order valence-corrected chi connectivity index (χ4v) is 1.41. The summed E-state index contributed by atoms with van der Waals surface area (Å²) in [7, 11) is 1.89. The van der Waals surface area contributed by atoms with Crippen molar-refractivity contribution >= 4 is 0 Å². The highest BCUT2D eigenvalue weighted by Gasteiger charge is 2.18. The Kier molecular flexibility index (Phi) is 2.51. The Morgan fingerprint density at radius 1 is 1.38 bits per heavy atom. The summed E-state index contributed by atoms with van der Waals surface area (Å²) in [6.45, 7) is 4.48. The molecule has 0 aliphatic carbocycles. The fraction of sp³-hybridized carbons (Fsp3) is 0.500. The molecule has 6 heteroatoms. The van der Waals surface area contributed by atoms with Gasteiger partial charge in [0.25, 0.3) is 0 Å². The highest BCUT2D eigenvalue weighted by Crippen LogP contribution is 2.12. The maximum absolute atomic E-state index is 5.94. The largest absolute Gasteiger partial charge is 0.320 e. The number of aromatic nitrogens is 5. The molecule has 0 radical (unpaired) electrons. The van der Waals surface area contributed by atoms with Crippen LogP contribution < -0.4 is 5.73 Å². The molecule has 0 spiro atoms. The molecule has 0 amide bonds. The molecule has 2 aromatic rings. The van der Waals surface area contributed by atoms with Gasteiger partial charge in [0, 0.05) is 18.8 Å². The SMILES string of the molecule is Cn1cc(Cn2cc(C(C)(C)N)nn2)cn1. The average Bonchev–Trinajstić information content (AvgIpc) is 2.74. The van der Waals surface area contributed by atoms with Crippen molar-refractivity contribution in [2.75, 3.05) is 0 Å². The van der Waals surface area contributed by atoms with Gasteiger partial charge in [-0.25, -0.2) is 4.68 Å². The van der Waals surface area contributed by atoms with Crippen molar-refractivity contribution < 1.29 is 0 Å². The molecule has 16 heavy (non-hydrogen) atoms. The summed E-state index contributed by atoms with van der Waals surface area (Å²) in [5.74, 6) is 0. The number of nitrogens with zero attached hydrogens (tertiary/aromatic N) is 5. The van der Waals surface area contributed by atoms with Crippen molar-refractivity contribution in [3.63, 3.8) is 0 Å². The molecule has 2 aromatic heterocycles. The molecule has 0 atom stereocenters. The van der Waals surface area contributed by atoms with Crippen molar-refractivity contribution in [2.45, 2.75) is 25.9 Å². The van der Waals surface area contributed by atoms with Gasteiger partial charge >= 0.3 is 0 Å². The molecule has 0 unspecified atom stereocenters. The summed E-state index contributed by atoms with van der Waals surface area (Å²) in [6, 6.07) is 0. The van der Waals surface area contributed by atoms with Crippen LogP contribution >= 0.6 is 0 Å². The lowest BCUT2D eigenvalue weighted by Crippen LogP contribution is -2.29. The van der Waals surface area contributed by atoms with Crippen molar-refractivity contribution in [1.82, 2.24) is 24.8 Å².